The van der Waals surface area contributed by atoms with Crippen LogP contribution in [0.4, 0.5) is 35.1 Å². The van der Waals surface area contributed by atoms with E-state index in [0.717, 1.165) is 19.3 Å². The van der Waals surface area contributed by atoms with Crippen LogP contribution in [0, 0.1) is 23.3 Å². The van der Waals surface area contributed by atoms with Crippen molar-refractivity contribution in [1.29, 1.82) is 0 Å². The third-order valence-electron chi connectivity index (χ3n) is 4.46. The van der Waals surface area contributed by atoms with E-state index in [1.165, 1.54) is 7.11 Å². The quantitative estimate of drug-likeness (QED) is 0.631. The number of nitrogens with zero attached hydrogens (tertiary/aromatic N) is 3. The van der Waals surface area contributed by atoms with Crippen molar-refractivity contribution >= 4 is 17.6 Å². The van der Waals surface area contributed by atoms with Gasteiger partial charge >= 0.3 is 0 Å². The summed E-state index contributed by atoms with van der Waals surface area (Å²) >= 11 is 0. The fourth-order valence-corrected chi connectivity index (χ4v) is 3.09. The van der Waals surface area contributed by atoms with Crippen LogP contribution in [0.5, 0.6) is 0 Å². The number of aromatic nitrogens is 3. The van der Waals surface area contributed by atoms with Crippen LogP contribution in [-0.2, 0) is 10.3 Å². The number of methoxy groups -OCH3 is 1. The van der Waals surface area contributed by atoms with Crippen molar-refractivity contribution < 1.29 is 22.3 Å². The van der Waals surface area contributed by atoms with Gasteiger partial charge in [0, 0.05) is 13.2 Å². The van der Waals surface area contributed by atoms with Crippen molar-refractivity contribution in [2.75, 3.05) is 18.2 Å². The van der Waals surface area contributed by atoms with Crippen molar-refractivity contribution in [3.63, 3.8) is 0 Å². The first-order valence-corrected chi connectivity index (χ1v) is 8.03. The number of nitrogen functional groups attached to an aromatic ring is 1. The molecule has 0 amide bonds. The Hall–Kier alpha value is -2.49. The average Bonchev–Trinajstić information content (AvgIpc) is 2.63. The van der Waals surface area contributed by atoms with Crippen LogP contribution in [0.3, 0.4) is 0 Å². The molecule has 2 aromatic rings. The van der Waals surface area contributed by atoms with Gasteiger partial charge in [0.25, 0.3) is 0 Å². The Morgan fingerprint density at radius 1 is 1.00 bits per heavy atom. The molecule has 0 bridgehead atoms. The molecule has 0 radical (unpaired) electrons. The molecule has 3 N–H and O–H groups in total. The summed E-state index contributed by atoms with van der Waals surface area (Å²) in [4.78, 5) is 11.9. The van der Waals surface area contributed by atoms with Gasteiger partial charge in [0.1, 0.15) is 11.3 Å². The van der Waals surface area contributed by atoms with Crippen molar-refractivity contribution in [2.24, 2.45) is 0 Å². The second-order valence-corrected chi connectivity index (χ2v) is 6.07. The minimum atomic E-state index is -1.59. The number of anilines is 3. The highest BCUT2D eigenvalue weighted by Crippen LogP contribution is 2.39. The molecule has 1 aliphatic rings. The average molecular weight is 371 g/mol. The number of rotatable bonds is 4. The molecule has 1 aromatic carbocycles. The topological polar surface area (TPSA) is 86.0 Å². The lowest BCUT2D eigenvalue weighted by atomic mass is 9.84. The fourth-order valence-electron chi connectivity index (χ4n) is 3.09. The van der Waals surface area contributed by atoms with E-state index in [9.17, 15) is 17.6 Å². The summed E-state index contributed by atoms with van der Waals surface area (Å²) in [5.74, 6) is -6.63. The third-order valence-corrected chi connectivity index (χ3v) is 4.46. The third kappa shape index (κ3) is 3.28. The predicted octanol–water partition coefficient (Wildman–Crippen LogP) is 3.56. The van der Waals surface area contributed by atoms with Crippen molar-refractivity contribution in [3.05, 3.63) is 35.2 Å². The zero-order chi connectivity index (χ0) is 18.9. The highest BCUT2D eigenvalue weighted by atomic mass is 19.2. The molecule has 0 atom stereocenters. The first-order chi connectivity index (χ1) is 12.4. The molecule has 1 aromatic heterocycles. The van der Waals surface area contributed by atoms with Gasteiger partial charge in [-0.1, -0.05) is 19.3 Å². The summed E-state index contributed by atoms with van der Waals surface area (Å²) in [6, 6.07) is 0.116. The number of ether oxygens (including phenoxy) is 1. The molecule has 0 saturated heterocycles. The summed E-state index contributed by atoms with van der Waals surface area (Å²) in [7, 11) is 1.51. The summed E-state index contributed by atoms with van der Waals surface area (Å²) in [6.45, 7) is 0. The van der Waals surface area contributed by atoms with Gasteiger partial charge in [0.15, 0.2) is 29.1 Å². The molecular weight excluding hydrogens is 354 g/mol. The molecule has 140 valence electrons. The highest BCUT2D eigenvalue weighted by molar-refractivity contribution is 5.56. The van der Waals surface area contributed by atoms with E-state index in [4.69, 9.17) is 10.5 Å². The van der Waals surface area contributed by atoms with E-state index in [2.05, 4.69) is 20.3 Å². The number of halogens is 4. The van der Waals surface area contributed by atoms with Gasteiger partial charge in [-0.25, -0.2) is 17.6 Å². The first-order valence-electron chi connectivity index (χ1n) is 8.03. The van der Waals surface area contributed by atoms with Gasteiger partial charge < -0.3 is 15.8 Å². The van der Waals surface area contributed by atoms with Crippen LogP contribution >= 0.6 is 0 Å². The summed E-state index contributed by atoms with van der Waals surface area (Å²) < 4.78 is 60.1. The van der Waals surface area contributed by atoms with E-state index in [0.29, 0.717) is 12.8 Å². The van der Waals surface area contributed by atoms with E-state index in [1.807, 2.05) is 0 Å². The summed E-state index contributed by atoms with van der Waals surface area (Å²) in [5, 5.41) is 2.16. The zero-order valence-electron chi connectivity index (χ0n) is 14.0. The van der Waals surface area contributed by atoms with Gasteiger partial charge in [-0.05, 0) is 12.8 Å². The van der Waals surface area contributed by atoms with Crippen molar-refractivity contribution in [2.45, 2.75) is 37.7 Å². The Morgan fingerprint density at radius 3 is 2.19 bits per heavy atom. The van der Waals surface area contributed by atoms with Crippen LogP contribution in [-0.4, -0.2) is 22.1 Å². The lowest BCUT2D eigenvalue weighted by Gasteiger charge is -2.34. The maximum Gasteiger partial charge on any atom is 0.232 e. The van der Waals surface area contributed by atoms with Gasteiger partial charge in [0.05, 0.1) is 0 Å². The van der Waals surface area contributed by atoms with Gasteiger partial charge in [-0.2, -0.15) is 15.0 Å². The van der Waals surface area contributed by atoms with Gasteiger partial charge in [0.2, 0.25) is 11.9 Å². The van der Waals surface area contributed by atoms with Crippen LogP contribution in [0.1, 0.15) is 37.9 Å². The fraction of sp³-hybridized carbons (Fsp3) is 0.438. The Balaban J connectivity index is 2.02. The molecule has 26 heavy (non-hydrogen) atoms. The number of hydrogen-bond donors (Lipinski definition) is 2. The van der Waals surface area contributed by atoms with Crippen molar-refractivity contribution in [1.82, 2.24) is 15.0 Å². The number of nitrogens with two attached hydrogens (primary N) is 1. The van der Waals surface area contributed by atoms with Crippen LogP contribution in [0.15, 0.2) is 6.07 Å². The Morgan fingerprint density at radius 2 is 1.62 bits per heavy atom. The monoisotopic (exact) mass is 371 g/mol. The van der Waals surface area contributed by atoms with Crippen LogP contribution in [0.2, 0.25) is 0 Å². The summed E-state index contributed by atoms with van der Waals surface area (Å²) in [5.41, 5.74) is 3.83. The maximum absolute atomic E-state index is 13.9. The SMILES string of the molecule is COC1(c2nc(N)nc(Nc3c(F)c(F)cc(F)c3F)n2)CCCCC1. The van der Waals surface area contributed by atoms with E-state index < -0.39 is 34.6 Å². The smallest absolute Gasteiger partial charge is 0.232 e. The largest absolute Gasteiger partial charge is 0.370 e. The molecule has 1 aliphatic carbocycles. The lowest BCUT2D eigenvalue weighted by molar-refractivity contribution is -0.0514. The van der Waals surface area contributed by atoms with Crippen LogP contribution < -0.4 is 11.1 Å². The first kappa shape index (κ1) is 18.3. The second kappa shape index (κ2) is 7.02. The summed E-state index contributed by atoms with van der Waals surface area (Å²) in [6.07, 6.45) is 4.10. The Bertz CT molecular complexity index is 801. The molecule has 0 aliphatic heterocycles. The molecule has 6 nitrogen and oxygen atoms in total. The van der Waals surface area contributed by atoms with Crippen molar-refractivity contribution in [3.8, 4) is 0 Å². The number of nitrogens with one attached hydrogen (secondary N) is 1. The van der Waals surface area contributed by atoms with E-state index in [-0.39, 0.29) is 23.8 Å². The Labute approximate surface area is 146 Å². The molecule has 1 heterocycles. The Kier molecular flexibility index (Phi) is 4.94. The maximum atomic E-state index is 13.9. The molecule has 3 rings (SSSR count). The lowest BCUT2D eigenvalue weighted by Crippen LogP contribution is -2.34. The molecule has 10 heteroatoms. The number of hydrogen-bond acceptors (Lipinski definition) is 6. The molecule has 0 spiro atoms. The van der Waals surface area contributed by atoms with Gasteiger partial charge in [-0.15, -0.1) is 0 Å². The highest BCUT2D eigenvalue weighted by Gasteiger charge is 2.37. The number of benzene rings is 1. The minimum absolute atomic E-state index is 0.116. The molecule has 1 saturated carbocycles. The minimum Gasteiger partial charge on any atom is -0.370 e. The van der Waals surface area contributed by atoms with Gasteiger partial charge in [-0.3, -0.25) is 0 Å². The van der Waals surface area contributed by atoms with E-state index >= 15 is 0 Å². The molecule has 0 unspecified atom stereocenters. The standard InChI is InChI=1S/C16H17F4N5O/c1-26-16(5-3-2-4-6-16)13-23-14(21)25-15(24-13)22-12-10(19)8(17)7-9(18)11(12)20/h7H,2-6H2,1H3,(H3,21,22,23,24,25). The molecule has 1 fully saturated rings. The normalized spacial score (nSPS) is 16.5. The molecular formula is C16H17F4N5O. The van der Waals surface area contributed by atoms with Crippen LogP contribution in [0.25, 0.3) is 0 Å². The zero-order valence-corrected chi connectivity index (χ0v) is 14.0. The predicted molar refractivity (Wildman–Crippen MR) is 85.6 cm³/mol. The second-order valence-electron chi connectivity index (χ2n) is 6.07. The van der Waals surface area contributed by atoms with E-state index in [1.54, 1.807) is 0 Å².